The largest absolute Gasteiger partial charge is 0.503 e. The van der Waals surface area contributed by atoms with Gasteiger partial charge in [0.25, 0.3) is 0 Å². The molecule has 0 saturated heterocycles. The Kier molecular flexibility index (Phi) is 5.32. The van der Waals surface area contributed by atoms with Gasteiger partial charge in [-0.2, -0.15) is 0 Å². The predicted octanol–water partition coefficient (Wildman–Crippen LogP) is 1.45. The summed E-state index contributed by atoms with van der Waals surface area (Å²) in [6.07, 6.45) is -1.83. The van der Waals surface area contributed by atoms with Gasteiger partial charge in [-0.3, -0.25) is 4.79 Å². The minimum absolute atomic E-state index is 0.0743. The van der Waals surface area contributed by atoms with E-state index in [1.165, 1.54) is 6.92 Å². The molecule has 1 rings (SSSR count). The zero-order chi connectivity index (χ0) is 11.8. The van der Waals surface area contributed by atoms with Crippen molar-refractivity contribution in [2.45, 2.75) is 6.92 Å². The van der Waals surface area contributed by atoms with E-state index < -0.39 is 6.16 Å². The van der Waals surface area contributed by atoms with Crippen molar-refractivity contribution in [3.8, 4) is 0 Å². The van der Waals surface area contributed by atoms with Crippen molar-refractivity contribution >= 4 is 23.4 Å². The fourth-order valence-electron chi connectivity index (χ4n) is 0.770. The molecule has 0 aliphatic rings. The summed E-state index contributed by atoms with van der Waals surface area (Å²) in [5, 5.41) is 16.6. The second-order valence-corrected chi connectivity index (χ2v) is 2.59. The highest BCUT2D eigenvalue weighted by atomic mass is 16.6. The first-order chi connectivity index (χ1) is 6.91. The minimum atomic E-state index is -1.83. The summed E-state index contributed by atoms with van der Waals surface area (Å²) >= 11 is 0. The number of anilines is 2. The van der Waals surface area contributed by atoms with Gasteiger partial charge in [0, 0.05) is 18.3 Å². The average molecular weight is 212 g/mol. The molecule has 1 aromatic carbocycles. The molecule has 6 nitrogen and oxygen atoms in total. The van der Waals surface area contributed by atoms with Crippen LogP contribution in [0.1, 0.15) is 6.92 Å². The Balaban J connectivity index is 0.000000423. The molecule has 1 aromatic rings. The van der Waals surface area contributed by atoms with Crippen LogP contribution in [0.4, 0.5) is 16.2 Å². The molecule has 0 unspecified atom stereocenters. The second-order valence-electron chi connectivity index (χ2n) is 2.59. The molecule has 0 aliphatic carbocycles. The summed E-state index contributed by atoms with van der Waals surface area (Å²) < 4.78 is 0. The number of hydrogen-bond donors (Lipinski definition) is 4. The molecule has 1 amide bonds. The highest BCUT2D eigenvalue weighted by molar-refractivity contribution is 5.88. The number of nitrogen functional groups attached to an aromatic ring is 1. The van der Waals surface area contributed by atoms with Crippen molar-refractivity contribution < 1.29 is 19.8 Å². The van der Waals surface area contributed by atoms with Crippen molar-refractivity contribution in [1.29, 1.82) is 0 Å². The molecule has 0 aliphatic heterocycles. The SMILES string of the molecule is CC(=O)Nc1ccc(N)cc1.O=C(O)O. The van der Waals surface area contributed by atoms with Gasteiger partial charge >= 0.3 is 6.16 Å². The van der Waals surface area contributed by atoms with E-state index in [1.807, 2.05) is 0 Å². The van der Waals surface area contributed by atoms with Crippen molar-refractivity contribution in [1.82, 2.24) is 0 Å². The van der Waals surface area contributed by atoms with Crippen molar-refractivity contribution in [3.05, 3.63) is 24.3 Å². The minimum Gasteiger partial charge on any atom is -0.450 e. The molecule has 5 N–H and O–H groups in total. The van der Waals surface area contributed by atoms with Gasteiger partial charge in [-0.05, 0) is 24.3 Å². The van der Waals surface area contributed by atoms with Crippen LogP contribution in [0.5, 0.6) is 0 Å². The molecular weight excluding hydrogens is 200 g/mol. The van der Waals surface area contributed by atoms with E-state index in [2.05, 4.69) is 5.32 Å². The Morgan fingerprint density at radius 2 is 1.60 bits per heavy atom. The highest BCUT2D eigenvalue weighted by Crippen LogP contribution is 2.09. The van der Waals surface area contributed by atoms with Gasteiger partial charge in [0.1, 0.15) is 0 Å². The summed E-state index contributed by atoms with van der Waals surface area (Å²) in [6, 6.07) is 7.00. The Labute approximate surface area is 86.3 Å². The third-order valence-electron chi connectivity index (χ3n) is 1.23. The molecule has 0 atom stereocenters. The Hall–Kier alpha value is -2.24. The third kappa shape index (κ3) is 8.10. The van der Waals surface area contributed by atoms with Gasteiger partial charge in [0.05, 0.1) is 0 Å². The number of hydrogen-bond acceptors (Lipinski definition) is 3. The zero-order valence-electron chi connectivity index (χ0n) is 8.10. The second kappa shape index (κ2) is 6.25. The number of carboxylic acid groups (broad SMARTS) is 2. The molecular formula is C9H12N2O4. The fourth-order valence-corrected chi connectivity index (χ4v) is 0.770. The zero-order valence-corrected chi connectivity index (χ0v) is 8.10. The van der Waals surface area contributed by atoms with E-state index in [0.29, 0.717) is 5.69 Å². The molecule has 0 radical (unpaired) electrons. The molecule has 0 saturated carbocycles. The molecule has 0 fully saturated rings. The van der Waals surface area contributed by atoms with E-state index >= 15 is 0 Å². The van der Waals surface area contributed by atoms with Crippen LogP contribution in [0.25, 0.3) is 0 Å². The number of amides is 1. The quantitative estimate of drug-likeness (QED) is 0.526. The maximum atomic E-state index is 10.6. The van der Waals surface area contributed by atoms with Gasteiger partial charge in [-0.25, -0.2) is 4.79 Å². The summed E-state index contributed by atoms with van der Waals surface area (Å²) in [7, 11) is 0. The first-order valence-electron chi connectivity index (χ1n) is 3.97. The maximum Gasteiger partial charge on any atom is 0.503 e. The maximum absolute atomic E-state index is 10.6. The summed E-state index contributed by atoms with van der Waals surface area (Å²) in [5.74, 6) is -0.0743. The molecule has 15 heavy (non-hydrogen) atoms. The van der Waals surface area contributed by atoms with Gasteiger partial charge < -0.3 is 21.3 Å². The van der Waals surface area contributed by atoms with Crippen LogP contribution in [0.15, 0.2) is 24.3 Å². The standard InChI is InChI=1S/C8H10N2O.CH2O3/c1-6(11)10-8-4-2-7(9)3-5-8;2-1(3)4/h2-5H,9H2,1H3,(H,10,11);(H2,2,3,4). The van der Waals surface area contributed by atoms with Crippen LogP contribution >= 0.6 is 0 Å². The first kappa shape index (κ1) is 12.8. The molecule has 6 heteroatoms. The normalized spacial score (nSPS) is 8.33. The Bertz CT molecular complexity index is 330. The summed E-state index contributed by atoms with van der Waals surface area (Å²) in [6.45, 7) is 1.47. The highest BCUT2D eigenvalue weighted by Gasteiger charge is 1.92. The number of carbonyl (C=O) groups is 2. The van der Waals surface area contributed by atoms with E-state index in [-0.39, 0.29) is 5.91 Å². The van der Waals surface area contributed by atoms with Crippen LogP contribution in [0.2, 0.25) is 0 Å². The number of rotatable bonds is 1. The molecule has 0 spiro atoms. The van der Waals surface area contributed by atoms with E-state index in [0.717, 1.165) is 5.69 Å². The van der Waals surface area contributed by atoms with Crippen LogP contribution in [0.3, 0.4) is 0 Å². The Morgan fingerprint density at radius 3 is 1.93 bits per heavy atom. The number of nitrogens with two attached hydrogens (primary N) is 1. The van der Waals surface area contributed by atoms with Gasteiger partial charge in [-0.1, -0.05) is 0 Å². The number of nitrogens with one attached hydrogen (secondary N) is 1. The van der Waals surface area contributed by atoms with Crippen molar-refractivity contribution in [2.75, 3.05) is 11.1 Å². The number of benzene rings is 1. The lowest BCUT2D eigenvalue weighted by molar-refractivity contribution is -0.114. The summed E-state index contributed by atoms with van der Waals surface area (Å²) in [5.41, 5.74) is 6.91. The lowest BCUT2D eigenvalue weighted by atomic mass is 10.3. The van der Waals surface area contributed by atoms with Crippen molar-refractivity contribution in [2.24, 2.45) is 0 Å². The van der Waals surface area contributed by atoms with Crippen LogP contribution in [-0.2, 0) is 4.79 Å². The van der Waals surface area contributed by atoms with E-state index in [1.54, 1.807) is 24.3 Å². The average Bonchev–Trinajstić information content (AvgIpc) is 2.07. The number of carbonyl (C=O) groups excluding carboxylic acids is 1. The molecule has 0 heterocycles. The smallest absolute Gasteiger partial charge is 0.450 e. The van der Waals surface area contributed by atoms with Gasteiger partial charge in [0.15, 0.2) is 0 Å². The summed E-state index contributed by atoms with van der Waals surface area (Å²) in [4.78, 5) is 19.1. The predicted molar refractivity (Wildman–Crippen MR) is 55.8 cm³/mol. The molecule has 0 bridgehead atoms. The van der Waals surface area contributed by atoms with Gasteiger partial charge in [0.2, 0.25) is 5.91 Å². The van der Waals surface area contributed by atoms with Crippen molar-refractivity contribution in [3.63, 3.8) is 0 Å². The Morgan fingerprint density at radius 1 is 1.20 bits per heavy atom. The van der Waals surface area contributed by atoms with Crippen LogP contribution in [0, 0.1) is 0 Å². The van der Waals surface area contributed by atoms with Gasteiger partial charge in [-0.15, -0.1) is 0 Å². The third-order valence-corrected chi connectivity index (χ3v) is 1.23. The fraction of sp³-hybridized carbons (Fsp3) is 0.111. The van der Waals surface area contributed by atoms with E-state index in [4.69, 9.17) is 20.7 Å². The van der Waals surface area contributed by atoms with Crippen LogP contribution < -0.4 is 11.1 Å². The van der Waals surface area contributed by atoms with E-state index in [9.17, 15) is 4.79 Å². The van der Waals surface area contributed by atoms with Crippen LogP contribution in [-0.4, -0.2) is 22.3 Å². The lowest BCUT2D eigenvalue weighted by Gasteiger charge is -2.00. The topological polar surface area (TPSA) is 113 Å². The molecule has 82 valence electrons. The lowest BCUT2D eigenvalue weighted by Crippen LogP contribution is -2.05. The molecule has 0 aromatic heterocycles. The first-order valence-corrected chi connectivity index (χ1v) is 3.97. The monoisotopic (exact) mass is 212 g/mol.